The first kappa shape index (κ1) is 16.1. The van der Waals surface area contributed by atoms with Gasteiger partial charge in [-0.05, 0) is 25.0 Å². The number of nitrogens with zero attached hydrogens (tertiary/aromatic N) is 2. The van der Waals surface area contributed by atoms with Crippen molar-refractivity contribution in [3.63, 3.8) is 0 Å². The fourth-order valence-corrected chi connectivity index (χ4v) is 4.14. The van der Waals surface area contributed by atoms with Gasteiger partial charge in [0.2, 0.25) is 0 Å². The fraction of sp³-hybridized carbons (Fsp3) is 0.467. The molecule has 1 aromatic heterocycles. The Hall–Kier alpha value is -1.27. The highest BCUT2D eigenvalue weighted by Crippen LogP contribution is 2.30. The molecule has 21 heavy (non-hydrogen) atoms. The summed E-state index contributed by atoms with van der Waals surface area (Å²) in [6, 6.07) is 8.22. The van der Waals surface area contributed by atoms with Crippen LogP contribution in [0.3, 0.4) is 0 Å². The van der Waals surface area contributed by atoms with Crippen LogP contribution < -0.4 is 5.73 Å². The zero-order chi connectivity index (χ0) is 15.3. The lowest BCUT2D eigenvalue weighted by atomic mass is 9.86. The normalized spacial score (nSPS) is 13.0. The summed E-state index contributed by atoms with van der Waals surface area (Å²) in [5.41, 5.74) is 6.53. The minimum atomic E-state index is -0.241. The van der Waals surface area contributed by atoms with Gasteiger partial charge in [0.15, 0.2) is 4.34 Å². The van der Waals surface area contributed by atoms with E-state index in [0.717, 1.165) is 34.9 Å². The third kappa shape index (κ3) is 4.35. The summed E-state index contributed by atoms with van der Waals surface area (Å²) < 4.78 is 2.37. The Morgan fingerprint density at radius 1 is 1.38 bits per heavy atom. The van der Waals surface area contributed by atoms with Crippen LogP contribution in [0, 0.1) is 5.41 Å². The number of hydrogen-bond donors (Lipinski definition) is 2. The lowest BCUT2D eigenvalue weighted by molar-refractivity contribution is 0.304. The maximum absolute atomic E-state index is 8.74. The Bertz CT molecular complexity index is 589. The van der Waals surface area contributed by atoms with Crippen LogP contribution in [0.15, 0.2) is 33.8 Å². The number of oxime groups is 1. The molecule has 1 heterocycles. The molecule has 0 fully saturated rings. The predicted molar refractivity (Wildman–Crippen MR) is 91.4 cm³/mol. The molecule has 114 valence electrons. The first-order valence-electron chi connectivity index (χ1n) is 6.99. The molecule has 0 amide bonds. The Labute approximate surface area is 133 Å². The van der Waals surface area contributed by atoms with E-state index in [0.29, 0.717) is 5.84 Å². The molecule has 0 unspecified atom stereocenters. The van der Waals surface area contributed by atoms with Crippen LogP contribution >= 0.6 is 23.1 Å². The number of thiazole rings is 1. The Balaban J connectivity index is 1.75. The summed E-state index contributed by atoms with van der Waals surface area (Å²) >= 11 is 3.56. The number of amidine groups is 1. The summed E-state index contributed by atoms with van der Waals surface area (Å²) in [4.78, 5) is 4.61. The van der Waals surface area contributed by atoms with Gasteiger partial charge in [-0.1, -0.05) is 49.3 Å². The average Bonchev–Trinajstić information content (AvgIpc) is 2.88. The second-order valence-electron chi connectivity index (χ2n) is 5.62. The number of rotatable bonds is 7. The molecule has 2 aromatic rings. The van der Waals surface area contributed by atoms with E-state index >= 15 is 0 Å². The topological polar surface area (TPSA) is 71.5 Å². The van der Waals surface area contributed by atoms with Gasteiger partial charge >= 0.3 is 0 Å². The van der Waals surface area contributed by atoms with Crippen molar-refractivity contribution in [2.75, 3.05) is 5.75 Å². The van der Waals surface area contributed by atoms with Crippen molar-refractivity contribution < 1.29 is 5.21 Å². The zero-order valence-electron chi connectivity index (χ0n) is 12.4. The Kier molecular flexibility index (Phi) is 5.47. The molecule has 0 spiro atoms. The highest BCUT2D eigenvalue weighted by atomic mass is 32.2. The molecule has 0 aliphatic carbocycles. The largest absolute Gasteiger partial charge is 0.409 e. The smallest absolute Gasteiger partial charge is 0.151 e. The standard InChI is InChI=1S/C15H21N3OS2/c1-15(2,13(16)18-19)9-5-6-10-20-14-17-11-7-3-4-8-12(11)21-14/h3-4,7-8,19H,5-6,9-10H2,1-2H3,(H2,16,18). The van der Waals surface area contributed by atoms with Crippen LogP contribution in [0.25, 0.3) is 10.2 Å². The quantitative estimate of drug-likeness (QED) is 0.199. The van der Waals surface area contributed by atoms with Crippen molar-refractivity contribution in [1.82, 2.24) is 4.98 Å². The minimum Gasteiger partial charge on any atom is -0.409 e. The summed E-state index contributed by atoms with van der Waals surface area (Å²) in [6.07, 6.45) is 3.08. The monoisotopic (exact) mass is 323 g/mol. The van der Waals surface area contributed by atoms with Crippen molar-refractivity contribution in [1.29, 1.82) is 0 Å². The van der Waals surface area contributed by atoms with Crippen molar-refractivity contribution in [2.24, 2.45) is 16.3 Å². The molecule has 3 N–H and O–H groups in total. The van der Waals surface area contributed by atoms with Crippen molar-refractivity contribution in [3.8, 4) is 0 Å². The van der Waals surface area contributed by atoms with E-state index in [2.05, 4.69) is 22.3 Å². The van der Waals surface area contributed by atoms with Gasteiger partial charge in [0.1, 0.15) is 5.84 Å². The van der Waals surface area contributed by atoms with Gasteiger partial charge in [-0.3, -0.25) is 0 Å². The van der Waals surface area contributed by atoms with Crippen LogP contribution in [-0.2, 0) is 0 Å². The maximum atomic E-state index is 8.74. The number of benzene rings is 1. The van der Waals surface area contributed by atoms with Gasteiger partial charge < -0.3 is 10.9 Å². The lowest BCUT2D eigenvalue weighted by Gasteiger charge is -2.22. The third-order valence-electron chi connectivity index (χ3n) is 3.50. The third-order valence-corrected chi connectivity index (χ3v) is 5.76. The first-order chi connectivity index (χ1) is 10.0. The van der Waals surface area contributed by atoms with E-state index in [1.54, 1.807) is 11.3 Å². The molecule has 0 atom stereocenters. The second kappa shape index (κ2) is 7.13. The number of aromatic nitrogens is 1. The minimum absolute atomic E-state index is 0.241. The fourth-order valence-electron chi connectivity index (χ4n) is 2.00. The molecular formula is C15H21N3OS2. The van der Waals surface area contributed by atoms with Crippen molar-refractivity contribution in [3.05, 3.63) is 24.3 Å². The SMILES string of the molecule is CC(C)(CCCCSc1nc2ccccc2s1)/C(N)=N/O. The van der Waals surface area contributed by atoms with Crippen LogP contribution in [0.2, 0.25) is 0 Å². The van der Waals surface area contributed by atoms with E-state index in [4.69, 9.17) is 10.9 Å². The molecule has 0 saturated carbocycles. The number of unbranched alkanes of at least 4 members (excludes halogenated alkanes) is 1. The highest BCUT2D eigenvalue weighted by molar-refractivity contribution is 8.01. The number of para-hydroxylation sites is 1. The van der Waals surface area contributed by atoms with Gasteiger partial charge in [0, 0.05) is 11.2 Å². The average molecular weight is 323 g/mol. The number of nitrogens with two attached hydrogens (primary N) is 1. The first-order valence-corrected chi connectivity index (χ1v) is 8.79. The molecule has 4 nitrogen and oxygen atoms in total. The van der Waals surface area contributed by atoms with Gasteiger partial charge in [0.25, 0.3) is 0 Å². The highest BCUT2D eigenvalue weighted by Gasteiger charge is 2.22. The summed E-state index contributed by atoms with van der Waals surface area (Å²) in [7, 11) is 0. The van der Waals surface area contributed by atoms with Gasteiger partial charge in [0.05, 0.1) is 10.2 Å². The van der Waals surface area contributed by atoms with Crippen LogP contribution in [0.1, 0.15) is 33.1 Å². The number of hydrogen-bond acceptors (Lipinski definition) is 5. The van der Waals surface area contributed by atoms with E-state index in [1.165, 1.54) is 4.70 Å². The maximum Gasteiger partial charge on any atom is 0.151 e. The molecule has 2 rings (SSSR count). The Morgan fingerprint density at radius 2 is 2.14 bits per heavy atom. The van der Waals surface area contributed by atoms with Gasteiger partial charge in [-0.25, -0.2) is 4.98 Å². The van der Waals surface area contributed by atoms with Crippen LogP contribution in [0.4, 0.5) is 0 Å². The molecular weight excluding hydrogens is 302 g/mol. The molecule has 0 saturated heterocycles. The van der Waals surface area contributed by atoms with Gasteiger partial charge in [-0.2, -0.15) is 0 Å². The van der Waals surface area contributed by atoms with Crippen LogP contribution in [-0.4, -0.2) is 21.8 Å². The Morgan fingerprint density at radius 3 is 2.86 bits per heavy atom. The molecule has 0 bridgehead atoms. The second-order valence-corrected chi connectivity index (χ2v) is 7.99. The van der Waals surface area contributed by atoms with Crippen molar-refractivity contribution in [2.45, 2.75) is 37.4 Å². The molecule has 1 aromatic carbocycles. The number of fused-ring (bicyclic) bond motifs is 1. The van der Waals surface area contributed by atoms with Crippen LogP contribution in [0.5, 0.6) is 0 Å². The predicted octanol–water partition coefficient (Wildman–Crippen LogP) is 4.33. The van der Waals surface area contributed by atoms with E-state index in [1.807, 2.05) is 37.7 Å². The van der Waals surface area contributed by atoms with Crippen molar-refractivity contribution >= 4 is 39.2 Å². The molecule has 0 aliphatic rings. The summed E-state index contributed by atoms with van der Waals surface area (Å²) in [5, 5.41) is 11.9. The lowest BCUT2D eigenvalue weighted by Crippen LogP contribution is -2.31. The summed E-state index contributed by atoms with van der Waals surface area (Å²) in [5.74, 6) is 1.35. The van der Waals surface area contributed by atoms with Gasteiger partial charge in [-0.15, -0.1) is 11.3 Å². The molecule has 0 aliphatic heterocycles. The summed E-state index contributed by atoms with van der Waals surface area (Å²) in [6.45, 7) is 4.01. The molecule has 0 radical (unpaired) electrons. The zero-order valence-corrected chi connectivity index (χ0v) is 14.0. The molecule has 6 heteroatoms. The van der Waals surface area contributed by atoms with E-state index < -0.39 is 0 Å². The number of thioether (sulfide) groups is 1. The van der Waals surface area contributed by atoms with E-state index in [9.17, 15) is 0 Å². The van der Waals surface area contributed by atoms with E-state index in [-0.39, 0.29) is 5.41 Å².